The molecule has 3 heteroatoms. The van der Waals surface area contributed by atoms with Gasteiger partial charge >= 0.3 is 0 Å². The lowest BCUT2D eigenvalue weighted by atomic mass is 10.2. The number of hydrogen-bond donors (Lipinski definition) is 1. The van der Waals surface area contributed by atoms with Crippen molar-refractivity contribution in [2.75, 3.05) is 13.2 Å². The number of rotatable bonds is 5. The molecule has 1 saturated heterocycles. The van der Waals surface area contributed by atoms with E-state index in [1.54, 1.807) is 0 Å². The van der Waals surface area contributed by atoms with Gasteiger partial charge < -0.3 is 14.8 Å². The van der Waals surface area contributed by atoms with Crippen molar-refractivity contribution < 1.29 is 9.47 Å². The fraction of sp³-hybridized carbons (Fsp3) is 0.538. The summed E-state index contributed by atoms with van der Waals surface area (Å²) < 4.78 is 10.7. The van der Waals surface area contributed by atoms with Crippen molar-refractivity contribution in [3.8, 4) is 5.75 Å². The molecule has 16 heavy (non-hydrogen) atoms. The molecule has 0 atom stereocenters. The first kappa shape index (κ1) is 11.4. The van der Waals surface area contributed by atoms with Crippen LogP contribution in [0.2, 0.25) is 0 Å². The first-order valence-corrected chi connectivity index (χ1v) is 5.81. The van der Waals surface area contributed by atoms with Crippen molar-refractivity contribution in [1.29, 1.82) is 0 Å². The van der Waals surface area contributed by atoms with Gasteiger partial charge in [0, 0.05) is 6.54 Å². The van der Waals surface area contributed by atoms with Crippen molar-refractivity contribution in [1.82, 2.24) is 5.32 Å². The second-order valence-electron chi connectivity index (χ2n) is 4.43. The molecule has 1 aliphatic rings. The van der Waals surface area contributed by atoms with Crippen molar-refractivity contribution in [3.05, 3.63) is 29.8 Å². The molecule has 1 aliphatic heterocycles. The van der Waals surface area contributed by atoms with Gasteiger partial charge in [-0.25, -0.2) is 0 Å². The van der Waals surface area contributed by atoms with Gasteiger partial charge in [0.1, 0.15) is 5.75 Å². The lowest BCUT2D eigenvalue weighted by Gasteiger charge is -2.27. The zero-order chi connectivity index (χ0) is 11.4. The molecular formula is C13H19NO2. The van der Waals surface area contributed by atoms with E-state index < -0.39 is 0 Å². The molecule has 1 N–H and O–H groups in total. The fourth-order valence-corrected chi connectivity index (χ4v) is 1.57. The summed E-state index contributed by atoms with van der Waals surface area (Å²) in [6.45, 7) is 6.65. The molecule has 0 unspecified atom stereocenters. The maximum Gasteiger partial charge on any atom is 0.119 e. The Hall–Kier alpha value is -1.06. The SMILES string of the molecule is CC(C)Oc1ccc(CNC2COC2)cc1. The van der Waals surface area contributed by atoms with E-state index in [9.17, 15) is 0 Å². The van der Waals surface area contributed by atoms with Crippen LogP contribution in [0, 0.1) is 0 Å². The Kier molecular flexibility index (Phi) is 3.80. The average molecular weight is 221 g/mol. The van der Waals surface area contributed by atoms with Gasteiger partial charge in [-0.2, -0.15) is 0 Å². The first-order chi connectivity index (χ1) is 7.74. The van der Waals surface area contributed by atoms with E-state index in [2.05, 4.69) is 17.4 Å². The molecule has 1 aromatic carbocycles. The number of nitrogens with one attached hydrogen (secondary N) is 1. The van der Waals surface area contributed by atoms with E-state index in [0.29, 0.717) is 6.04 Å². The Labute approximate surface area is 96.8 Å². The molecule has 3 nitrogen and oxygen atoms in total. The maximum atomic E-state index is 5.59. The van der Waals surface area contributed by atoms with Gasteiger partial charge in [-0.05, 0) is 31.5 Å². The quantitative estimate of drug-likeness (QED) is 0.824. The summed E-state index contributed by atoms with van der Waals surface area (Å²) in [7, 11) is 0. The number of hydrogen-bond acceptors (Lipinski definition) is 3. The van der Waals surface area contributed by atoms with Crippen LogP contribution in [-0.4, -0.2) is 25.4 Å². The van der Waals surface area contributed by atoms with Gasteiger partial charge in [-0.3, -0.25) is 0 Å². The third-order valence-electron chi connectivity index (χ3n) is 2.53. The minimum absolute atomic E-state index is 0.233. The second-order valence-corrected chi connectivity index (χ2v) is 4.43. The standard InChI is InChI=1S/C13H19NO2/c1-10(2)16-13-5-3-11(4-6-13)7-14-12-8-15-9-12/h3-6,10,12,14H,7-9H2,1-2H3. The molecule has 0 amide bonds. The van der Waals surface area contributed by atoms with Crippen LogP contribution in [-0.2, 0) is 11.3 Å². The van der Waals surface area contributed by atoms with Crippen LogP contribution in [0.25, 0.3) is 0 Å². The molecule has 0 spiro atoms. The lowest BCUT2D eigenvalue weighted by molar-refractivity contribution is -0.00578. The highest BCUT2D eigenvalue weighted by Crippen LogP contribution is 2.14. The summed E-state index contributed by atoms with van der Waals surface area (Å²) in [6, 6.07) is 8.78. The second kappa shape index (κ2) is 5.32. The highest BCUT2D eigenvalue weighted by atomic mass is 16.5. The largest absolute Gasteiger partial charge is 0.491 e. The van der Waals surface area contributed by atoms with E-state index in [-0.39, 0.29) is 6.10 Å². The van der Waals surface area contributed by atoms with Crippen LogP contribution in [0.4, 0.5) is 0 Å². The number of benzene rings is 1. The molecule has 0 bridgehead atoms. The molecule has 88 valence electrons. The highest BCUT2D eigenvalue weighted by molar-refractivity contribution is 5.27. The van der Waals surface area contributed by atoms with Crippen molar-refractivity contribution in [2.24, 2.45) is 0 Å². The monoisotopic (exact) mass is 221 g/mol. The maximum absolute atomic E-state index is 5.59. The Morgan fingerprint density at radius 1 is 1.31 bits per heavy atom. The number of ether oxygens (including phenoxy) is 2. The van der Waals surface area contributed by atoms with E-state index in [1.165, 1.54) is 5.56 Å². The summed E-state index contributed by atoms with van der Waals surface area (Å²) in [6.07, 6.45) is 0.233. The minimum atomic E-state index is 0.233. The predicted molar refractivity (Wildman–Crippen MR) is 63.7 cm³/mol. The van der Waals surface area contributed by atoms with Crippen LogP contribution in [0.3, 0.4) is 0 Å². The molecule has 0 saturated carbocycles. The highest BCUT2D eigenvalue weighted by Gasteiger charge is 2.16. The van der Waals surface area contributed by atoms with E-state index in [4.69, 9.17) is 9.47 Å². The molecule has 0 aromatic heterocycles. The topological polar surface area (TPSA) is 30.5 Å². The van der Waals surface area contributed by atoms with Crippen molar-refractivity contribution in [3.63, 3.8) is 0 Å². The summed E-state index contributed by atoms with van der Waals surface area (Å²) in [5, 5.41) is 3.43. The normalized spacial score (nSPS) is 16.2. The lowest BCUT2D eigenvalue weighted by Crippen LogP contribution is -2.45. The molecule has 0 aliphatic carbocycles. The smallest absolute Gasteiger partial charge is 0.119 e. The van der Waals surface area contributed by atoms with Gasteiger partial charge in [0.25, 0.3) is 0 Å². The van der Waals surface area contributed by atoms with Gasteiger partial charge in [0.15, 0.2) is 0 Å². The average Bonchev–Trinajstić information content (AvgIpc) is 2.17. The molecule has 0 radical (unpaired) electrons. The van der Waals surface area contributed by atoms with Gasteiger partial charge in [-0.15, -0.1) is 0 Å². The van der Waals surface area contributed by atoms with Crippen LogP contribution < -0.4 is 10.1 Å². The van der Waals surface area contributed by atoms with Gasteiger partial charge in [0.2, 0.25) is 0 Å². The van der Waals surface area contributed by atoms with Crippen LogP contribution in [0.1, 0.15) is 19.4 Å². The summed E-state index contributed by atoms with van der Waals surface area (Å²) in [4.78, 5) is 0. The molecule has 1 fully saturated rings. The Morgan fingerprint density at radius 3 is 2.50 bits per heavy atom. The molecular weight excluding hydrogens is 202 g/mol. The van der Waals surface area contributed by atoms with Crippen molar-refractivity contribution >= 4 is 0 Å². The zero-order valence-corrected chi connectivity index (χ0v) is 9.90. The van der Waals surface area contributed by atoms with E-state index >= 15 is 0 Å². The zero-order valence-electron chi connectivity index (χ0n) is 9.90. The van der Waals surface area contributed by atoms with Gasteiger partial charge in [-0.1, -0.05) is 12.1 Å². The van der Waals surface area contributed by atoms with E-state index in [0.717, 1.165) is 25.5 Å². The molecule has 1 aromatic rings. The summed E-state index contributed by atoms with van der Waals surface area (Å²) in [5.74, 6) is 0.936. The summed E-state index contributed by atoms with van der Waals surface area (Å²) in [5.41, 5.74) is 1.28. The predicted octanol–water partition coefficient (Wildman–Crippen LogP) is 1.96. The Bertz CT molecular complexity index is 317. The van der Waals surface area contributed by atoms with Crippen LogP contribution >= 0.6 is 0 Å². The van der Waals surface area contributed by atoms with E-state index in [1.807, 2.05) is 26.0 Å². The Balaban J connectivity index is 1.81. The summed E-state index contributed by atoms with van der Waals surface area (Å²) >= 11 is 0. The fourth-order valence-electron chi connectivity index (χ4n) is 1.57. The third-order valence-corrected chi connectivity index (χ3v) is 2.53. The van der Waals surface area contributed by atoms with Gasteiger partial charge in [0.05, 0.1) is 25.4 Å². The third kappa shape index (κ3) is 3.22. The molecule has 1 heterocycles. The molecule has 2 rings (SSSR count). The minimum Gasteiger partial charge on any atom is -0.491 e. The van der Waals surface area contributed by atoms with Crippen molar-refractivity contribution in [2.45, 2.75) is 32.5 Å². The first-order valence-electron chi connectivity index (χ1n) is 5.81. The van der Waals surface area contributed by atoms with Crippen LogP contribution in [0.5, 0.6) is 5.75 Å². The Morgan fingerprint density at radius 2 is 2.00 bits per heavy atom. The van der Waals surface area contributed by atoms with Crippen LogP contribution in [0.15, 0.2) is 24.3 Å².